The molecule has 0 atom stereocenters. The van der Waals surface area contributed by atoms with E-state index >= 15 is 0 Å². The molecule has 0 radical (unpaired) electrons. The fraction of sp³-hybridized carbons (Fsp3) is 0.444. The molecule has 14 heavy (non-hydrogen) atoms. The molecule has 1 aromatic heterocycles. The van der Waals surface area contributed by atoms with E-state index in [1.807, 2.05) is 0 Å². The largest absolute Gasteiger partial charge is 0.357 e. The number of rotatable bonds is 1. The average molecular weight is 324 g/mol. The van der Waals surface area contributed by atoms with Crippen molar-refractivity contribution in [2.45, 2.75) is 12.8 Å². The second kappa shape index (κ2) is 4.14. The Morgan fingerprint density at radius 3 is 2.50 bits per heavy atom. The van der Waals surface area contributed by atoms with E-state index < -0.39 is 0 Å². The number of hydrogen-bond donors (Lipinski definition) is 0. The molecule has 0 N–H and O–H groups in total. The molecular weight excluding hydrogens is 315 g/mol. The van der Waals surface area contributed by atoms with Crippen LogP contribution in [-0.4, -0.2) is 18.1 Å². The van der Waals surface area contributed by atoms with Crippen molar-refractivity contribution in [1.29, 1.82) is 0 Å². The molecule has 1 aliphatic heterocycles. The number of halogens is 3. The van der Waals surface area contributed by atoms with Gasteiger partial charge in [0.1, 0.15) is 10.4 Å². The summed E-state index contributed by atoms with van der Waals surface area (Å²) >= 11 is 6.27. The fourth-order valence-electron chi connectivity index (χ4n) is 1.57. The number of pyridine rings is 1. The summed E-state index contributed by atoms with van der Waals surface area (Å²) in [5.41, 5.74) is 0. The van der Waals surface area contributed by atoms with Crippen LogP contribution in [0.4, 0.5) is 10.2 Å². The Kier molecular flexibility index (Phi) is 3.07. The minimum absolute atomic E-state index is 0.272. The summed E-state index contributed by atoms with van der Waals surface area (Å²) < 4.78 is 14.0. The van der Waals surface area contributed by atoms with Crippen molar-refractivity contribution in [3.8, 4) is 0 Å². The highest BCUT2D eigenvalue weighted by atomic mass is 79.9. The molecule has 1 aliphatic rings. The number of hydrogen-bond acceptors (Lipinski definition) is 2. The van der Waals surface area contributed by atoms with Gasteiger partial charge in [-0.3, -0.25) is 0 Å². The standard InChI is InChI=1S/C9H9Br2FN2/c10-6-5-7(13-9(11)8(6)12)14-3-1-2-4-14/h5H,1-4H2. The lowest BCUT2D eigenvalue weighted by molar-refractivity contribution is 0.605. The molecule has 0 amide bonds. The predicted molar refractivity (Wildman–Crippen MR) is 61.0 cm³/mol. The zero-order chi connectivity index (χ0) is 10.1. The van der Waals surface area contributed by atoms with Crippen LogP contribution in [0.25, 0.3) is 0 Å². The molecule has 2 nitrogen and oxygen atoms in total. The zero-order valence-electron chi connectivity index (χ0n) is 7.43. The van der Waals surface area contributed by atoms with Gasteiger partial charge in [-0.1, -0.05) is 0 Å². The average Bonchev–Trinajstić information content (AvgIpc) is 2.66. The highest BCUT2D eigenvalue weighted by molar-refractivity contribution is 9.11. The Hall–Kier alpha value is -0.160. The van der Waals surface area contributed by atoms with Crippen molar-refractivity contribution in [3.63, 3.8) is 0 Å². The molecular formula is C9H9Br2FN2. The Bertz CT molecular complexity index is 328. The maximum atomic E-state index is 13.2. The monoisotopic (exact) mass is 322 g/mol. The summed E-state index contributed by atoms with van der Waals surface area (Å²) in [5, 5.41) is 0. The molecule has 76 valence electrons. The van der Waals surface area contributed by atoms with E-state index in [1.165, 1.54) is 12.8 Å². The number of aromatic nitrogens is 1. The van der Waals surface area contributed by atoms with E-state index in [1.54, 1.807) is 6.07 Å². The van der Waals surface area contributed by atoms with Crippen LogP contribution in [-0.2, 0) is 0 Å². The summed E-state index contributed by atoms with van der Waals surface area (Å²) in [5.74, 6) is 0.496. The lowest BCUT2D eigenvalue weighted by Gasteiger charge is -2.16. The normalized spacial score (nSPS) is 16.4. The summed E-state index contributed by atoms with van der Waals surface area (Å²) in [6.07, 6.45) is 2.38. The molecule has 5 heteroatoms. The van der Waals surface area contributed by atoms with Crippen LogP contribution >= 0.6 is 31.9 Å². The molecule has 2 heterocycles. The first-order valence-electron chi connectivity index (χ1n) is 4.45. The molecule has 0 aliphatic carbocycles. The number of anilines is 1. The van der Waals surface area contributed by atoms with Gasteiger partial charge in [0.2, 0.25) is 0 Å². The van der Waals surface area contributed by atoms with Gasteiger partial charge in [0.15, 0.2) is 5.82 Å². The van der Waals surface area contributed by atoms with E-state index in [9.17, 15) is 4.39 Å². The minimum Gasteiger partial charge on any atom is -0.357 e. The third-order valence-corrected chi connectivity index (χ3v) is 3.39. The van der Waals surface area contributed by atoms with Gasteiger partial charge in [-0.25, -0.2) is 9.37 Å². The van der Waals surface area contributed by atoms with Gasteiger partial charge in [0.25, 0.3) is 0 Å². The van der Waals surface area contributed by atoms with Crippen LogP contribution in [0.2, 0.25) is 0 Å². The first kappa shape index (κ1) is 10.4. The minimum atomic E-state index is -0.340. The molecule has 1 saturated heterocycles. The Morgan fingerprint density at radius 2 is 1.93 bits per heavy atom. The Morgan fingerprint density at radius 1 is 1.29 bits per heavy atom. The van der Waals surface area contributed by atoms with Crippen LogP contribution in [0.5, 0.6) is 0 Å². The quantitative estimate of drug-likeness (QED) is 0.737. The van der Waals surface area contributed by atoms with Crippen LogP contribution in [0.1, 0.15) is 12.8 Å². The molecule has 0 unspecified atom stereocenters. The molecule has 0 saturated carbocycles. The molecule has 0 spiro atoms. The van der Waals surface area contributed by atoms with E-state index in [0.29, 0.717) is 4.47 Å². The summed E-state index contributed by atoms with van der Waals surface area (Å²) in [4.78, 5) is 6.31. The molecule has 2 rings (SSSR count). The summed E-state index contributed by atoms with van der Waals surface area (Å²) in [6.45, 7) is 2.02. The summed E-state index contributed by atoms with van der Waals surface area (Å²) in [6, 6.07) is 1.73. The van der Waals surface area contributed by atoms with Crippen LogP contribution in [0.3, 0.4) is 0 Å². The van der Waals surface area contributed by atoms with Gasteiger partial charge in [-0.05, 0) is 50.8 Å². The Labute approximate surface area is 98.8 Å². The van der Waals surface area contributed by atoms with Gasteiger partial charge in [-0.2, -0.15) is 0 Å². The van der Waals surface area contributed by atoms with Gasteiger partial charge in [0, 0.05) is 13.1 Å². The highest BCUT2D eigenvalue weighted by Crippen LogP contribution is 2.28. The van der Waals surface area contributed by atoms with Gasteiger partial charge >= 0.3 is 0 Å². The number of nitrogens with zero attached hydrogens (tertiary/aromatic N) is 2. The molecule has 1 fully saturated rings. The smallest absolute Gasteiger partial charge is 0.170 e. The maximum absolute atomic E-state index is 13.2. The van der Waals surface area contributed by atoms with E-state index in [0.717, 1.165) is 18.9 Å². The lowest BCUT2D eigenvalue weighted by Crippen LogP contribution is -2.19. The van der Waals surface area contributed by atoms with Crippen molar-refractivity contribution in [3.05, 3.63) is 21.0 Å². The lowest BCUT2D eigenvalue weighted by atomic mass is 10.4. The van der Waals surface area contributed by atoms with Crippen molar-refractivity contribution >= 4 is 37.7 Å². The van der Waals surface area contributed by atoms with Gasteiger partial charge < -0.3 is 4.90 Å². The van der Waals surface area contributed by atoms with Gasteiger partial charge in [-0.15, -0.1) is 0 Å². The first-order valence-corrected chi connectivity index (χ1v) is 6.03. The van der Waals surface area contributed by atoms with Crippen molar-refractivity contribution in [2.24, 2.45) is 0 Å². The van der Waals surface area contributed by atoms with Crippen molar-refractivity contribution < 1.29 is 4.39 Å². The Balaban J connectivity index is 2.34. The van der Waals surface area contributed by atoms with Crippen LogP contribution in [0, 0.1) is 5.82 Å². The van der Waals surface area contributed by atoms with E-state index in [2.05, 4.69) is 41.7 Å². The van der Waals surface area contributed by atoms with Crippen molar-refractivity contribution in [2.75, 3.05) is 18.0 Å². The van der Waals surface area contributed by atoms with Crippen molar-refractivity contribution in [1.82, 2.24) is 4.98 Å². The van der Waals surface area contributed by atoms with Gasteiger partial charge in [0.05, 0.1) is 4.47 Å². The second-order valence-electron chi connectivity index (χ2n) is 3.26. The van der Waals surface area contributed by atoms with Crippen LogP contribution in [0.15, 0.2) is 15.1 Å². The third-order valence-electron chi connectivity index (χ3n) is 2.29. The fourth-order valence-corrected chi connectivity index (χ4v) is 2.62. The molecule has 0 aromatic carbocycles. The molecule has 0 bridgehead atoms. The maximum Gasteiger partial charge on any atom is 0.170 e. The predicted octanol–water partition coefficient (Wildman–Crippen LogP) is 3.35. The zero-order valence-corrected chi connectivity index (χ0v) is 10.6. The first-order chi connectivity index (χ1) is 6.68. The molecule has 1 aromatic rings. The third kappa shape index (κ3) is 1.93. The van der Waals surface area contributed by atoms with E-state index in [4.69, 9.17) is 0 Å². The summed E-state index contributed by atoms with van der Waals surface area (Å²) in [7, 11) is 0. The SMILES string of the molecule is Fc1c(Br)cc(N2CCCC2)nc1Br. The van der Waals surface area contributed by atoms with Crippen LogP contribution < -0.4 is 4.90 Å². The topological polar surface area (TPSA) is 16.1 Å². The highest BCUT2D eigenvalue weighted by Gasteiger charge is 2.16. The van der Waals surface area contributed by atoms with E-state index in [-0.39, 0.29) is 10.4 Å². The second-order valence-corrected chi connectivity index (χ2v) is 4.87.